The molecule has 0 N–H and O–H groups in total. The fraction of sp³-hybridized carbons (Fsp3) is 0.0698. The maximum absolute atomic E-state index is 2.45. The number of fused-ring (bicyclic) bond motifs is 27. The SMILES string of the molecule is CC1(C)c2ccccc2-c2ccc3cc(N(c4ccc(-c5ccccc5)cc4)c4ccc5c(c4)sc4ccccc45)ccc3c21.CC1(C)c2ccccc2-c2ccc3cc(N(c4ccc(-c5ccccc5)cc4)c4ccc5sc6ccccc6c5c4)ccc3c21.CC1(C)c2ccccc2-c2ccc3cc(N(c4ccc5c(c4)sc4ccccc45)c4ccc5sc6ccccc6c5c4)ccc3c21. The number of hydrogen-bond acceptors (Lipinski definition) is 7. The highest BCUT2D eigenvalue weighted by Gasteiger charge is 2.40. The van der Waals surface area contributed by atoms with Gasteiger partial charge in [-0.1, -0.05) is 339 Å². The molecular formula is C129H91N3S4. The first-order valence-electron chi connectivity index (χ1n) is 47.0. The lowest BCUT2D eigenvalue weighted by molar-refractivity contribution is 0.666. The first-order valence-corrected chi connectivity index (χ1v) is 50.3. The van der Waals surface area contributed by atoms with Crippen molar-refractivity contribution < 1.29 is 0 Å². The van der Waals surface area contributed by atoms with Gasteiger partial charge in [0.2, 0.25) is 0 Å². The van der Waals surface area contributed by atoms with E-state index in [4.69, 9.17) is 0 Å². The molecule has 0 fully saturated rings. The number of thiophene rings is 4. The van der Waals surface area contributed by atoms with Crippen molar-refractivity contribution in [1.82, 2.24) is 0 Å². The summed E-state index contributed by atoms with van der Waals surface area (Å²) in [6.45, 7) is 14.2. The average Bonchev–Trinajstić information content (AvgIpc) is 1.56. The minimum atomic E-state index is -0.0517. The van der Waals surface area contributed by atoms with Gasteiger partial charge in [0, 0.05) is 148 Å². The van der Waals surface area contributed by atoms with Crippen LogP contribution in [0.25, 0.3) is 169 Å². The zero-order valence-corrected chi connectivity index (χ0v) is 79.4. The molecule has 3 aliphatic rings. The van der Waals surface area contributed by atoms with Gasteiger partial charge in [0.05, 0.1) is 0 Å². The predicted molar refractivity (Wildman–Crippen MR) is 591 cm³/mol. The van der Waals surface area contributed by atoms with E-state index in [1.165, 1.54) is 219 Å². The van der Waals surface area contributed by atoms with Crippen molar-refractivity contribution in [3.8, 4) is 55.6 Å². The van der Waals surface area contributed by atoms with Gasteiger partial charge in [-0.15, -0.1) is 45.3 Å². The molecule has 3 aliphatic carbocycles. The van der Waals surface area contributed by atoms with Gasteiger partial charge in [-0.25, -0.2) is 0 Å². The van der Waals surface area contributed by atoms with E-state index < -0.39 is 0 Å². The highest BCUT2D eigenvalue weighted by atomic mass is 32.1. The third-order valence-corrected chi connectivity index (χ3v) is 33.8. The fourth-order valence-electron chi connectivity index (χ4n) is 22.9. The molecule has 0 amide bonds. The molecule has 0 unspecified atom stereocenters. The third kappa shape index (κ3) is 13.3. The minimum Gasteiger partial charge on any atom is -0.310 e. The summed E-state index contributed by atoms with van der Waals surface area (Å²) in [5.41, 5.74) is 31.9. The van der Waals surface area contributed by atoms with Crippen molar-refractivity contribution >= 4 is 210 Å². The number of hydrogen-bond donors (Lipinski definition) is 0. The molecule has 7 heteroatoms. The zero-order chi connectivity index (χ0) is 90.8. The van der Waals surface area contributed by atoms with Crippen molar-refractivity contribution in [3.05, 3.63) is 476 Å². The molecule has 646 valence electrons. The molecule has 0 atom stereocenters. The highest BCUT2D eigenvalue weighted by Crippen LogP contribution is 2.57. The molecule has 28 rings (SSSR count). The van der Waals surface area contributed by atoms with Crippen molar-refractivity contribution in [2.24, 2.45) is 0 Å². The normalized spacial score (nSPS) is 13.4. The standard InChI is InChI=1S/C43H29NS2.2C43H31NS/c1-43(2)37-12-6-3-9-31(37)35-19-15-26-23-27(16-20-30(26)42(35)43)44(28-18-22-40-36(24-28)33-11-5-8-14-39(33)45-40)29-17-21-34-32-10-4-7-13-38(32)46-41(34)25-29;1-43(2)39-14-8-6-12-35(39)38-23-18-30-26-32(21-24-34(30)42(38)43)44(31-19-16-29(17-20-31)28-10-4-3-5-11-28)33-22-25-37-36-13-7-9-15-40(36)45-41(37)27-33;1-43(2)39-14-8-6-12-35(39)37-23-18-30-26-32(21-24-34(30)42(37)43)44(31-19-16-29(17-20-31)28-10-4-3-5-11-28)33-22-25-41-38(27-33)36-13-7-9-15-40(36)45-41/h3-25H,1-2H3;2*3-27H,1-2H3. The van der Waals surface area contributed by atoms with E-state index in [0.717, 1.165) is 34.1 Å². The van der Waals surface area contributed by atoms with Crippen LogP contribution >= 0.6 is 45.3 Å². The van der Waals surface area contributed by atoms with Crippen molar-refractivity contribution in [2.75, 3.05) is 14.7 Å². The predicted octanol–water partition coefficient (Wildman–Crippen LogP) is 38.7. The van der Waals surface area contributed by atoms with Crippen LogP contribution in [-0.2, 0) is 16.2 Å². The van der Waals surface area contributed by atoms with Gasteiger partial charge >= 0.3 is 0 Å². The molecule has 0 bridgehead atoms. The molecule has 0 radical (unpaired) electrons. The van der Waals surface area contributed by atoms with Gasteiger partial charge in [0.1, 0.15) is 0 Å². The van der Waals surface area contributed by atoms with Gasteiger partial charge in [0.25, 0.3) is 0 Å². The van der Waals surface area contributed by atoms with E-state index in [-0.39, 0.29) is 16.2 Å². The Morgan fingerprint density at radius 1 is 0.154 bits per heavy atom. The van der Waals surface area contributed by atoms with E-state index >= 15 is 0 Å². The van der Waals surface area contributed by atoms with Crippen LogP contribution in [0.4, 0.5) is 51.2 Å². The quantitative estimate of drug-likeness (QED) is 0.128. The van der Waals surface area contributed by atoms with Gasteiger partial charge in [-0.3, -0.25) is 0 Å². The van der Waals surface area contributed by atoms with Crippen molar-refractivity contribution in [3.63, 3.8) is 0 Å². The van der Waals surface area contributed by atoms with Crippen LogP contribution in [0.2, 0.25) is 0 Å². The van der Waals surface area contributed by atoms with Crippen LogP contribution in [-0.4, -0.2) is 0 Å². The molecule has 4 heterocycles. The van der Waals surface area contributed by atoms with Crippen LogP contribution in [0, 0.1) is 0 Å². The summed E-state index contributed by atoms with van der Waals surface area (Å²) in [5.74, 6) is 0. The summed E-state index contributed by atoms with van der Waals surface area (Å²) >= 11 is 7.47. The van der Waals surface area contributed by atoms with Crippen LogP contribution in [0.15, 0.2) is 443 Å². The first-order chi connectivity index (χ1) is 66.7. The molecule has 25 aromatic rings. The largest absolute Gasteiger partial charge is 0.310 e. The minimum absolute atomic E-state index is 0.0495. The third-order valence-electron chi connectivity index (χ3n) is 29.3. The Hall–Kier alpha value is -15.3. The Kier molecular flexibility index (Phi) is 19.1. The average molecular weight is 1810 g/mol. The highest BCUT2D eigenvalue weighted by molar-refractivity contribution is 7.27. The number of nitrogens with zero attached hydrogens (tertiary/aromatic N) is 3. The fourth-order valence-corrected chi connectivity index (χ4v) is 27.3. The second-order valence-corrected chi connectivity index (χ2v) is 42.5. The van der Waals surface area contributed by atoms with E-state index in [0.29, 0.717) is 0 Å². The topological polar surface area (TPSA) is 9.72 Å². The molecule has 3 nitrogen and oxygen atoms in total. The van der Waals surface area contributed by atoms with Crippen LogP contribution in [0.5, 0.6) is 0 Å². The molecule has 0 saturated heterocycles. The zero-order valence-electron chi connectivity index (χ0n) is 76.1. The summed E-state index contributed by atoms with van der Waals surface area (Å²) in [4.78, 5) is 7.26. The van der Waals surface area contributed by atoms with Gasteiger partial charge in [-0.2, -0.15) is 0 Å². The summed E-state index contributed by atoms with van der Waals surface area (Å²) in [5, 5.41) is 18.3. The Morgan fingerprint density at radius 3 is 0.735 bits per heavy atom. The number of rotatable bonds is 11. The van der Waals surface area contributed by atoms with E-state index in [1.807, 2.05) is 45.3 Å². The summed E-state index contributed by atoms with van der Waals surface area (Å²) in [6, 6.07) is 164. The summed E-state index contributed by atoms with van der Waals surface area (Å²) < 4.78 is 10.6. The van der Waals surface area contributed by atoms with E-state index in [2.05, 4.69) is 499 Å². The van der Waals surface area contributed by atoms with E-state index in [1.54, 1.807) is 0 Å². The summed E-state index contributed by atoms with van der Waals surface area (Å²) in [6.07, 6.45) is 0. The lowest BCUT2D eigenvalue weighted by Gasteiger charge is -2.27. The molecule has 0 spiro atoms. The summed E-state index contributed by atoms with van der Waals surface area (Å²) in [7, 11) is 0. The molecule has 4 aromatic heterocycles. The van der Waals surface area contributed by atoms with Gasteiger partial charge in [0.15, 0.2) is 0 Å². The van der Waals surface area contributed by atoms with Crippen LogP contribution < -0.4 is 14.7 Å². The molecule has 136 heavy (non-hydrogen) atoms. The second kappa shape index (κ2) is 32.0. The lowest BCUT2D eigenvalue weighted by Crippen LogP contribution is -2.15. The molecule has 0 aliphatic heterocycles. The maximum atomic E-state index is 2.45. The van der Waals surface area contributed by atoms with Crippen molar-refractivity contribution in [2.45, 2.75) is 57.8 Å². The Balaban J connectivity index is 0.000000106. The Morgan fingerprint density at radius 2 is 0.390 bits per heavy atom. The Labute approximate surface area is 807 Å². The van der Waals surface area contributed by atoms with Crippen LogP contribution in [0.1, 0.15) is 74.9 Å². The smallest absolute Gasteiger partial charge is 0.0476 e. The number of benzene rings is 21. The lowest BCUT2D eigenvalue weighted by atomic mass is 9.80. The maximum Gasteiger partial charge on any atom is 0.0476 e. The Bertz CT molecular complexity index is 9160. The van der Waals surface area contributed by atoms with Gasteiger partial charge in [-0.05, 0) is 267 Å². The van der Waals surface area contributed by atoms with Crippen molar-refractivity contribution in [1.29, 1.82) is 0 Å². The van der Waals surface area contributed by atoms with E-state index in [9.17, 15) is 0 Å². The molecule has 0 saturated carbocycles. The van der Waals surface area contributed by atoms with Gasteiger partial charge < -0.3 is 14.7 Å². The van der Waals surface area contributed by atoms with Crippen LogP contribution in [0.3, 0.4) is 0 Å². The first kappa shape index (κ1) is 81.4. The second-order valence-electron chi connectivity index (χ2n) is 38.1. The monoisotopic (exact) mass is 1810 g/mol. The molecule has 21 aromatic carbocycles. The number of anilines is 9. The molecular weight excluding hydrogens is 1720 g/mol.